The zero-order valence-corrected chi connectivity index (χ0v) is 61.8. The number of benzene rings is 5. The molecular weight excluding hydrogens is 1420 g/mol. The molecule has 5 aromatic rings. The number of fused-ring (bicyclic) bond motifs is 2. The fourth-order valence-corrected chi connectivity index (χ4v) is 16.8. The first-order chi connectivity index (χ1) is 48.6. The normalized spacial score (nSPS) is 16.8. The summed E-state index contributed by atoms with van der Waals surface area (Å²) in [6.45, 7) is 8.15. The smallest absolute Gasteiger partial charge is 0.338 e. The van der Waals surface area contributed by atoms with Crippen LogP contribution in [0.2, 0.25) is 0 Å². The van der Waals surface area contributed by atoms with Crippen LogP contribution >= 0.6 is 7.92 Å². The van der Waals surface area contributed by atoms with E-state index >= 15 is 0 Å². The molecule has 0 spiro atoms. The van der Waals surface area contributed by atoms with E-state index in [1.165, 1.54) is 37.4 Å². The van der Waals surface area contributed by atoms with Crippen molar-refractivity contribution < 1.29 is 104 Å². The molecule has 31 heteroatoms. The number of carbonyl (C=O) groups is 3. The zero-order chi connectivity index (χ0) is 74.0. The highest BCUT2D eigenvalue weighted by Gasteiger charge is 2.48. The monoisotopic (exact) mass is 1510 g/mol. The molecule has 2 amide bonds. The van der Waals surface area contributed by atoms with E-state index in [0.29, 0.717) is 129 Å². The predicted octanol–water partition coefficient (Wildman–Crippen LogP) is 7.03. The molecule has 5 aromatic carbocycles. The van der Waals surface area contributed by atoms with Gasteiger partial charge in [-0.2, -0.15) is 38.2 Å². The van der Waals surface area contributed by atoms with E-state index in [0.717, 1.165) is 10.6 Å². The van der Waals surface area contributed by atoms with Crippen LogP contribution in [0.1, 0.15) is 97.1 Å². The summed E-state index contributed by atoms with van der Waals surface area (Å²) >= 11 is 0. The van der Waals surface area contributed by atoms with Crippen molar-refractivity contribution in [1.29, 1.82) is 0 Å². The molecule has 0 radical (unpaired) electrons. The minimum Gasteiger partial charge on any atom is -0.465 e. The summed E-state index contributed by atoms with van der Waals surface area (Å²) in [6, 6.07) is 32.5. The van der Waals surface area contributed by atoms with Gasteiger partial charge in [0.05, 0.1) is 112 Å². The molecule has 0 bridgehead atoms. The van der Waals surface area contributed by atoms with Gasteiger partial charge in [-0.15, -0.1) is 0 Å². The Balaban J connectivity index is 1.05. The van der Waals surface area contributed by atoms with Crippen molar-refractivity contribution in [3.63, 3.8) is 0 Å². The molecule has 0 saturated heterocycles. The number of anilines is 1. The van der Waals surface area contributed by atoms with Crippen LogP contribution in [0.4, 0.5) is 11.4 Å². The Morgan fingerprint density at radius 2 is 1.09 bits per heavy atom. The lowest BCUT2D eigenvalue weighted by Gasteiger charge is -2.30. The molecule has 2 unspecified atom stereocenters. The predicted molar refractivity (Wildman–Crippen MR) is 388 cm³/mol. The number of carbonyl (C=O) groups excluding carboxylic acids is 3. The molecular formula is C71H92N4O22PS4+. The molecule has 26 nitrogen and oxygen atoms in total. The summed E-state index contributed by atoms with van der Waals surface area (Å²) in [4.78, 5) is 41.1. The standard InChI is InChI=1S/C71H91N4O22PS4/c1-70(32-17-49-99(79,80)81)60-52-57(101(85,86)87)27-30-62(60)74(36-16-8-15-25-67(76)72-34-35-73-68(77)54-26-29-59(69(78)92-4)64(51-54)98(55-19-9-5-10-20-55)56-21-11-6-12-22-56)65(70)23-13-7-14-24-66-71(2,33-18-50-100(82,83)84)61-53-58(102(88,89)90)28-31-63(61)75(66)37-38-93-41-42-95-45-46-97-48-47-96-44-43-94-40-39-91-3/h5-7,9-14,19-24,26-31,51-53H,8,15-18,25,32-50H2,1-4H3,(H5-,72,73,76,77,79,80,81,82,83,84,85,86,87,88,89,90)/p+1. The number of nitrogens with zero attached hydrogens (tertiary/aromatic N) is 2. The van der Waals surface area contributed by atoms with Gasteiger partial charge < -0.3 is 48.7 Å². The summed E-state index contributed by atoms with van der Waals surface area (Å²) in [5.74, 6) is -2.42. The Labute approximate surface area is 599 Å². The van der Waals surface area contributed by atoms with Crippen molar-refractivity contribution >= 4 is 99.2 Å². The molecule has 2 aliphatic rings. The van der Waals surface area contributed by atoms with E-state index in [4.69, 9.17) is 33.2 Å². The van der Waals surface area contributed by atoms with E-state index < -0.39 is 92.4 Å². The number of allylic oxidation sites excluding steroid dienone is 6. The summed E-state index contributed by atoms with van der Waals surface area (Å²) in [5.41, 5.74) is 1.58. The second-order valence-corrected chi connectivity index (χ2v) is 32.6. The minimum absolute atomic E-state index is 0.0546. The van der Waals surface area contributed by atoms with E-state index in [9.17, 15) is 66.3 Å². The summed E-state index contributed by atoms with van der Waals surface area (Å²) < 4.78 is 179. The van der Waals surface area contributed by atoms with Gasteiger partial charge in [0.2, 0.25) is 11.6 Å². The van der Waals surface area contributed by atoms with Gasteiger partial charge in [0.25, 0.3) is 46.4 Å². The van der Waals surface area contributed by atoms with Crippen LogP contribution in [0.25, 0.3) is 0 Å². The SMILES string of the molecule is COCCOCCOCCOCCOCCOCCN1C(=CC=CC=CC2=[N+](CCCCCC(=O)NCCNC(=O)c3ccc(C(=O)OC)c(P(c4ccccc4)c4ccccc4)c3)c3ccc(S(=O)(=O)O)cc3C2(C)CCCS(=O)(=O)O)C(C)(CCCS(=O)(=O)O)c2cc(S(=O)(=O)O)ccc21. The quantitative estimate of drug-likeness (QED) is 0.00569. The topological polar surface area (TPSA) is 364 Å². The number of rotatable bonds is 45. The van der Waals surface area contributed by atoms with Crippen LogP contribution in [-0.4, -0.2) is 205 Å². The van der Waals surface area contributed by atoms with Gasteiger partial charge in [0.1, 0.15) is 6.54 Å². The molecule has 2 heterocycles. The van der Waals surface area contributed by atoms with Crippen molar-refractivity contribution in [3.05, 3.63) is 174 Å². The minimum atomic E-state index is -4.73. The van der Waals surface area contributed by atoms with E-state index in [1.807, 2.05) is 70.1 Å². The lowest BCUT2D eigenvalue weighted by molar-refractivity contribution is -0.438. The molecule has 2 atom stereocenters. The van der Waals surface area contributed by atoms with Crippen molar-refractivity contribution in [2.24, 2.45) is 0 Å². The van der Waals surface area contributed by atoms with Gasteiger partial charge in [-0.25, -0.2) is 4.79 Å². The van der Waals surface area contributed by atoms with Crippen LogP contribution in [0.3, 0.4) is 0 Å². The maximum atomic E-state index is 13.7. The molecule has 2 aliphatic heterocycles. The Hall–Kier alpha value is -6.97. The molecule has 7 rings (SSSR count). The number of ether oxygens (including phenoxy) is 7. The van der Waals surface area contributed by atoms with Gasteiger partial charge in [-0.05, 0) is 131 Å². The van der Waals surface area contributed by atoms with E-state index in [2.05, 4.69) is 10.6 Å². The zero-order valence-electron chi connectivity index (χ0n) is 57.6. The lowest BCUT2D eigenvalue weighted by Crippen LogP contribution is -2.35. The summed E-state index contributed by atoms with van der Waals surface area (Å²) in [6.07, 6.45) is 10.3. The third-order valence-electron chi connectivity index (χ3n) is 17.2. The largest absolute Gasteiger partial charge is 0.465 e. The van der Waals surface area contributed by atoms with Gasteiger partial charge in [0, 0.05) is 85.0 Å². The number of hydrogen-bond donors (Lipinski definition) is 6. The number of amides is 2. The first-order valence-electron chi connectivity index (χ1n) is 33.3. The third kappa shape index (κ3) is 24.3. The van der Waals surface area contributed by atoms with E-state index in [-0.39, 0.29) is 77.5 Å². The van der Waals surface area contributed by atoms with E-state index in [1.54, 1.807) is 75.6 Å². The first-order valence-corrected chi connectivity index (χ1v) is 40.7. The van der Waals surface area contributed by atoms with Gasteiger partial charge in [-0.3, -0.25) is 27.8 Å². The van der Waals surface area contributed by atoms with Crippen molar-refractivity contribution in [2.75, 3.05) is 129 Å². The lowest BCUT2D eigenvalue weighted by atomic mass is 9.76. The van der Waals surface area contributed by atoms with Gasteiger partial charge in [0.15, 0.2) is 5.71 Å². The fourth-order valence-electron chi connectivity index (χ4n) is 12.3. The highest BCUT2D eigenvalue weighted by molar-refractivity contribution is 7.86. The van der Waals surface area contributed by atoms with Crippen molar-refractivity contribution in [1.82, 2.24) is 10.6 Å². The Kier molecular flexibility index (Phi) is 31.7. The van der Waals surface area contributed by atoms with Crippen LogP contribution in [-0.2, 0) is 89.3 Å². The number of nitrogens with one attached hydrogen (secondary N) is 2. The van der Waals surface area contributed by atoms with Crippen LogP contribution in [0, 0.1) is 0 Å². The molecule has 0 aromatic heterocycles. The van der Waals surface area contributed by atoms with Crippen LogP contribution in [0.15, 0.2) is 161 Å². The number of methoxy groups -OCH3 is 2. The molecule has 0 saturated carbocycles. The Morgan fingerprint density at radius 1 is 0.559 bits per heavy atom. The molecule has 556 valence electrons. The number of hydrogen-bond acceptors (Lipinski definition) is 19. The first kappa shape index (κ1) is 82.3. The maximum absolute atomic E-state index is 13.7. The average molecular weight is 1510 g/mol. The summed E-state index contributed by atoms with van der Waals surface area (Å²) in [5, 5.41) is 8.30. The average Bonchev–Trinajstić information content (AvgIpc) is 1.58. The fraction of sp³-hybridized carbons (Fsp3) is 0.437. The van der Waals surface area contributed by atoms with Gasteiger partial charge in [-0.1, -0.05) is 78.9 Å². The van der Waals surface area contributed by atoms with Gasteiger partial charge >= 0.3 is 5.97 Å². The molecule has 6 N–H and O–H groups in total. The second kappa shape index (κ2) is 39.2. The molecule has 102 heavy (non-hydrogen) atoms. The number of unbranched alkanes of at least 4 members (excludes halogenated alkanes) is 2. The molecule has 0 aliphatic carbocycles. The highest BCUT2D eigenvalue weighted by atomic mass is 32.2. The second-order valence-electron chi connectivity index (χ2n) is 24.4. The van der Waals surface area contributed by atoms with Crippen LogP contribution in [0.5, 0.6) is 0 Å². The van der Waals surface area contributed by atoms with Crippen molar-refractivity contribution in [3.8, 4) is 0 Å². The van der Waals surface area contributed by atoms with Crippen molar-refractivity contribution in [2.45, 2.75) is 85.8 Å². The summed E-state index contributed by atoms with van der Waals surface area (Å²) in [7, 11) is -16.7. The van der Waals surface area contributed by atoms with Crippen LogP contribution < -0.4 is 31.4 Å². The Bertz CT molecular complexity index is 4220. The molecule has 0 fully saturated rings. The third-order valence-corrected chi connectivity index (χ3v) is 23.0. The Morgan fingerprint density at radius 3 is 1.64 bits per heavy atom. The maximum Gasteiger partial charge on any atom is 0.338 e. The number of esters is 1. The highest BCUT2D eigenvalue weighted by Crippen LogP contribution is 2.51.